The second-order valence-corrected chi connectivity index (χ2v) is 3.47. The number of hydrogen-bond donors (Lipinski definition) is 1. The molecule has 1 aromatic heterocycles. The fourth-order valence-electron chi connectivity index (χ4n) is 1.70. The SMILES string of the molecule is Cc1ccn(CC2CCCN2)n1. The first-order valence-corrected chi connectivity index (χ1v) is 4.58. The Hall–Kier alpha value is -0.830. The van der Waals surface area contributed by atoms with Crippen LogP contribution in [0.15, 0.2) is 12.3 Å². The van der Waals surface area contributed by atoms with Crippen molar-refractivity contribution in [1.29, 1.82) is 0 Å². The number of rotatable bonds is 2. The summed E-state index contributed by atoms with van der Waals surface area (Å²) < 4.78 is 2.03. The lowest BCUT2D eigenvalue weighted by Gasteiger charge is -2.09. The first-order valence-electron chi connectivity index (χ1n) is 4.58. The van der Waals surface area contributed by atoms with Gasteiger partial charge in [-0.05, 0) is 32.4 Å². The highest BCUT2D eigenvalue weighted by molar-refractivity contribution is 4.95. The Labute approximate surface area is 72.8 Å². The maximum atomic E-state index is 4.35. The molecule has 0 saturated carbocycles. The molecule has 0 spiro atoms. The zero-order valence-corrected chi connectivity index (χ0v) is 7.45. The Bertz CT molecular complexity index is 248. The van der Waals surface area contributed by atoms with Crippen LogP contribution in [0.2, 0.25) is 0 Å². The predicted molar refractivity (Wildman–Crippen MR) is 48.0 cm³/mol. The summed E-state index contributed by atoms with van der Waals surface area (Å²) >= 11 is 0. The standard InChI is InChI=1S/C9H15N3/c1-8-4-6-12(11-8)7-9-3-2-5-10-9/h4,6,9-10H,2-3,5,7H2,1H3. The molecule has 0 radical (unpaired) electrons. The summed E-state index contributed by atoms with van der Waals surface area (Å²) in [7, 11) is 0. The van der Waals surface area contributed by atoms with E-state index in [1.165, 1.54) is 19.4 Å². The molecule has 1 unspecified atom stereocenters. The predicted octanol–water partition coefficient (Wildman–Crippen LogP) is 0.944. The highest BCUT2D eigenvalue weighted by atomic mass is 15.3. The summed E-state index contributed by atoms with van der Waals surface area (Å²) in [4.78, 5) is 0. The number of aromatic nitrogens is 2. The minimum atomic E-state index is 0.643. The van der Waals surface area contributed by atoms with Gasteiger partial charge in [0.25, 0.3) is 0 Å². The topological polar surface area (TPSA) is 29.9 Å². The van der Waals surface area contributed by atoms with Gasteiger partial charge in [-0.1, -0.05) is 0 Å². The number of nitrogens with zero attached hydrogens (tertiary/aromatic N) is 2. The lowest BCUT2D eigenvalue weighted by molar-refractivity contribution is 0.474. The largest absolute Gasteiger partial charge is 0.312 e. The van der Waals surface area contributed by atoms with Gasteiger partial charge in [0.1, 0.15) is 0 Å². The molecule has 2 rings (SSSR count). The van der Waals surface area contributed by atoms with Crippen LogP contribution >= 0.6 is 0 Å². The quantitative estimate of drug-likeness (QED) is 0.707. The van der Waals surface area contributed by atoms with E-state index in [-0.39, 0.29) is 0 Å². The fourth-order valence-corrected chi connectivity index (χ4v) is 1.70. The van der Waals surface area contributed by atoms with Crippen molar-refractivity contribution in [2.75, 3.05) is 6.54 Å². The average molecular weight is 165 g/mol. The lowest BCUT2D eigenvalue weighted by atomic mass is 10.2. The van der Waals surface area contributed by atoms with Crippen LogP contribution in [0.4, 0.5) is 0 Å². The summed E-state index contributed by atoms with van der Waals surface area (Å²) in [5, 5.41) is 7.80. The van der Waals surface area contributed by atoms with Crippen molar-refractivity contribution in [2.24, 2.45) is 0 Å². The Kier molecular flexibility index (Phi) is 2.13. The Morgan fingerprint density at radius 3 is 3.25 bits per heavy atom. The van der Waals surface area contributed by atoms with E-state index in [9.17, 15) is 0 Å². The third-order valence-corrected chi connectivity index (χ3v) is 2.34. The summed E-state index contributed by atoms with van der Waals surface area (Å²) in [5.41, 5.74) is 1.10. The van der Waals surface area contributed by atoms with Crippen molar-refractivity contribution in [3.8, 4) is 0 Å². The van der Waals surface area contributed by atoms with Crippen LogP contribution in [0.5, 0.6) is 0 Å². The van der Waals surface area contributed by atoms with Crippen molar-refractivity contribution >= 4 is 0 Å². The molecule has 1 N–H and O–H groups in total. The van der Waals surface area contributed by atoms with Crippen LogP contribution in [0.25, 0.3) is 0 Å². The van der Waals surface area contributed by atoms with E-state index in [1.807, 2.05) is 11.6 Å². The maximum absolute atomic E-state index is 4.35. The number of aryl methyl sites for hydroxylation is 1. The molecule has 0 aliphatic carbocycles. The van der Waals surface area contributed by atoms with Crippen molar-refractivity contribution in [1.82, 2.24) is 15.1 Å². The highest BCUT2D eigenvalue weighted by Gasteiger charge is 2.14. The van der Waals surface area contributed by atoms with Crippen molar-refractivity contribution < 1.29 is 0 Å². The van der Waals surface area contributed by atoms with Gasteiger partial charge in [0, 0.05) is 12.2 Å². The van der Waals surface area contributed by atoms with Gasteiger partial charge in [-0.15, -0.1) is 0 Å². The van der Waals surface area contributed by atoms with Gasteiger partial charge in [0.05, 0.1) is 12.2 Å². The number of hydrogen-bond acceptors (Lipinski definition) is 2. The average Bonchev–Trinajstić information content (AvgIpc) is 2.63. The second-order valence-electron chi connectivity index (χ2n) is 3.47. The van der Waals surface area contributed by atoms with Crippen molar-refractivity contribution in [2.45, 2.75) is 32.4 Å². The van der Waals surface area contributed by atoms with E-state index < -0.39 is 0 Å². The van der Waals surface area contributed by atoms with E-state index in [2.05, 4.69) is 22.7 Å². The van der Waals surface area contributed by atoms with Crippen molar-refractivity contribution in [3.63, 3.8) is 0 Å². The van der Waals surface area contributed by atoms with Gasteiger partial charge in [-0.25, -0.2) is 0 Å². The molecule has 3 nitrogen and oxygen atoms in total. The van der Waals surface area contributed by atoms with Gasteiger partial charge in [-0.3, -0.25) is 4.68 Å². The van der Waals surface area contributed by atoms with Crippen LogP contribution in [-0.4, -0.2) is 22.4 Å². The molecular weight excluding hydrogens is 150 g/mol. The second kappa shape index (κ2) is 3.27. The van der Waals surface area contributed by atoms with Crippen LogP contribution in [0, 0.1) is 6.92 Å². The van der Waals surface area contributed by atoms with Gasteiger partial charge in [-0.2, -0.15) is 5.10 Å². The van der Waals surface area contributed by atoms with E-state index in [1.54, 1.807) is 0 Å². The fraction of sp³-hybridized carbons (Fsp3) is 0.667. The van der Waals surface area contributed by atoms with Crippen LogP contribution < -0.4 is 5.32 Å². The monoisotopic (exact) mass is 165 g/mol. The first kappa shape index (κ1) is 7.80. The zero-order chi connectivity index (χ0) is 8.39. The molecule has 0 bridgehead atoms. The summed E-state index contributed by atoms with van der Waals surface area (Å²) in [6.45, 7) is 4.22. The maximum Gasteiger partial charge on any atom is 0.0593 e. The molecule has 1 fully saturated rings. The normalized spacial score (nSPS) is 23.2. The van der Waals surface area contributed by atoms with Crippen LogP contribution in [0.1, 0.15) is 18.5 Å². The Morgan fingerprint density at radius 2 is 2.67 bits per heavy atom. The van der Waals surface area contributed by atoms with Crippen LogP contribution in [-0.2, 0) is 6.54 Å². The van der Waals surface area contributed by atoms with Crippen LogP contribution in [0.3, 0.4) is 0 Å². The molecule has 1 atom stereocenters. The lowest BCUT2D eigenvalue weighted by Crippen LogP contribution is -2.26. The minimum absolute atomic E-state index is 0.643. The van der Waals surface area contributed by atoms with Crippen molar-refractivity contribution in [3.05, 3.63) is 18.0 Å². The minimum Gasteiger partial charge on any atom is -0.312 e. The third kappa shape index (κ3) is 1.67. The molecule has 0 amide bonds. The Balaban J connectivity index is 1.94. The molecular formula is C9H15N3. The molecule has 3 heteroatoms. The summed E-state index contributed by atoms with van der Waals surface area (Å²) in [6, 6.07) is 2.69. The molecule has 12 heavy (non-hydrogen) atoms. The van der Waals surface area contributed by atoms with E-state index in [0.717, 1.165) is 12.2 Å². The smallest absolute Gasteiger partial charge is 0.0593 e. The molecule has 1 aromatic rings. The van der Waals surface area contributed by atoms with E-state index in [0.29, 0.717) is 6.04 Å². The van der Waals surface area contributed by atoms with E-state index in [4.69, 9.17) is 0 Å². The van der Waals surface area contributed by atoms with Gasteiger partial charge < -0.3 is 5.32 Å². The molecule has 66 valence electrons. The summed E-state index contributed by atoms with van der Waals surface area (Å²) in [6.07, 6.45) is 4.65. The highest BCUT2D eigenvalue weighted by Crippen LogP contribution is 2.07. The van der Waals surface area contributed by atoms with Gasteiger partial charge in [0.2, 0.25) is 0 Å². The first-order chi connectivity index (χ1) is 5.84. The van der Waals surface area contributed by atoms with Gasteiger partial charge in [0.15, 0.2) is 0 Å². The zero-order valence-electron chi connectivity index (χ0n) is 7.45. The molecule has 1 saturated heterocycles. The molecule has 0 aromatic carbocycles. The molecule has 1 aliphatic heterocycles. The molecule has 2 heterocycles. The summed E-state index contributed by atoms with van der Waals surface area (Å²) in [5.74, 6) is 0. The Morgan fingerprint density at radius 1 is 1.75 bits per heavy atom. The number of nitrogens with one attached hydrogen (secondary N) is 1. The van der Waals surface area contributed by atoms with Gasteiger partial charge >= 0.3 is 0 Å². The van der Waals surface area contributed by atoms with E-state index >= 15 is 0 Å². The molecule has 1 aliphatic rings. The third-order valence-electron chi connectivity index (χ3n) is 2.34.